The monoisotopic (exact) mass is 480 g/mol. The van der Waals surface area contributed by atoms with Gasteiger partial charge in [0, 0.05) is 12.8 Å². The zero-order valence-corrected chi connectivity index (χ0v) is 19.0. The van der Waals surface area contributed by atoms with Crippen LogP contribution in [0.4, 0.5) is 29.5 Å². The summed E-state index contributed by atoms with van der Waals surface area (Å²) in [5, 5.41) is 2.98. The van der Waals surface area contributed by atoms with E-state index in [2.05, 4.69) is 15.3 Å². The third-order valence-corrected chi connectivity index (χ3v) is 5.99. The minimum absolute atomic E-state index is 0.267. The number of hydrogen-bond donors (Lipinski definition) is 1. The molecule has 4 rings (SSSR count). The molecule has 1 amide bonds. The van der Waals surface area contributed by atoms with E-state index in [1.807, 2.05) is 0 Å². The number of carbonyl (C=O) groups is 1. The Balaban J connectivity index is 1.45. The molecule has 2 atom stereocenters. The van der Waals surface area contributed by atoms with Crippen molar-refractivity contribution in [3.63, 3.8) is 0 Å². The van der Waals surface area contributed by atoms with Crippen molar-refractivity contribution in [1.82, 2.24) is 14.9 Å². The topological polar surface area (TPSA) is 85.8 Å². The van der Waals surface area contributed by atoms with Gasteiger partial charge in [-0.2, -0.15) is 0 Å². The summed E-state index contributed by atoms with van der Waals surface area (Å²) in [6.45, 7) is 1.95. The first-order valence-corrected chi connectivity index (χ1v) is 11.1. The Kier molecular flexibility index (Phi) is 7.40. The molecule has 2 aliphatic rings. The molecule has 11 heteroatoms. The van der Waals surface area contributed by atoms with Crippen LogP contribution in [-0.4, -0.2) is 71.8 Å². The Morgan fingerprint density at radius 2 is 1.91 bits per heavy atom. The number of aryl methyl sites for hydroxylation is 1. The molecule has 1 aromatic carbocycles. The van der Waals surface area contributed by atoms with Gasteiger partial charge in [-0.3, -0.25) is 4.90 Å². The highest BCUT2D eigenvalue weighted by atomic mass is 19.1. The fourth-order valence-electron chi connectivity index (χ4n) is 4.25. The summed E-state index contributed by atoms with van der Waals surface area (Å²) < 4.78 is 56.6. The smallest absolute Gasteiger partial charge is 0.410 e. The van der Waals surface area contributed by atoms with Crippen molar-refractivity contribution in [3.8, 4) is 5.88 Å². The predicted octanol–water partition coefficient (Wildman–Crippen LogP) is 4.03. The molecule has 2 aliphatic heterocycles. The number of anilines is 2. The van der Waals surface area contributed by atoms with Crippen molar-refractivity contribution in [2.24, 2.45) is 0 Å². The fourth-order valence-corrected chi connectivity index (χ4v) is 4.25. The Morgan fingerprint density at radius 1 is 1.21 bits per heavy atom. The molecule has 0 aliphatic carbocycles. The first-order valence-electron chi connectivity index (χ1n) is 11.1. The van der Waals surface area contributed by atoms with Gasteiger partial charge in [-0.1, -0.05) is 6.07 Å². The largest absolute Gasteiger partial charge is 0.474 e. The van der Waals surface area contributed by atoms with E-state index in [1.54, 1.807) is 26.0 Å². The van der Waals surface area contributed by atoms with E-state index in [-0.39, 0.29) is 37.1 Å². The summed E-state index contributed by atoms with van der Waals surface area (Å²) in [4.78, 5) is 22.5. The number of ether oxygens (including phenoxy) is 3. The molecule has 34 heavy (non-hydrogen) atoms. The van der Waals surface area contributed by atoms with E-state index in [9.17, 15) is 18.0 Å². The van der Waals surface area contributed by atoms with Crippen LogP contribution in [0.2, 0.25) is 0 Å². The molecule has 2 unspecified atom stereocenters. The molecule has 0 radical (unpaired) electrons. The van der Waals surface area contributed by atoms with Crippen LogP contribution in [0.25, 0.3) is 0 Å². The fraction of sp³-hybridized carbons (Fsp3) is 0.522. The SMILES string of the molecule is Cc1ccc(Nc2ncnc(OC3CC4COCC(C3)N4C(=O)OC(CF)CF)c2C)c(F)c1. The third kappa shape index (κ3) is 5.19. The summed E-state index contributed by atoms with van der Waals surface area (Å²) in [5.74, 6) is 0.371. The van der Waals surface area contributed by atoms with Gasteiger partial charge >= 0.3 is 6.09 Å². The Bertz CT molecular complexity index is 1010. The lowest BCUT2D eigenvalue weighted by Gasteiger charge is -2.47. The van der Waals surface area contributed by atoms with Gasteiger partial charge in [0.2, 0.25) is 5.88 Å². The van der Waals surface area contributed by atoms with Crippen LogP contribution in [0.1, 0.15) is 24.0 Å². The number of amides is 1. The van der Waals surface area contributed by atoms with Gasteiger partial charge in [0.15, 0.2) is 6.10 Å². The van der Waals surface area contributed by atoms with Crippen LogP contribution in [-0.2, 0) is 9.47 Å². The number of rotatable bonds is 7. The van der Waals surface area contributed by atoms with Crippen LogP contribution in [0, 0.1) is 19.7 Å². The quantitative estimate of drug-likeness (QED) is 0.640. The number of carbonyl (C=O) groups excluding carboxylic acids is 1. The summed E-state index contributed by atoms with van der Waals surface area (Å²) in [6.07, 6.45) is -0.237. The number of nitrogens with one attached hydrogen (secondary N) is 1. The van der Waals surface area contributed by atoms with Crippen LogP contribution in [0.15, 0.2) is 24.5 Å². The zero-order valence-electron chi connectivity index (χ0n) is 19.0. The second kappa shape index (κ2) is 10.5. The van der Waals surface area contributed by atoms with Gasteiger partial charge in [-0.05, 0) is 31.5 Å². The number of aromatic nitrogens is 2. The van der Waals surface area contributed by atoms with Gasteiger partial charge in [-0.25, -0.2) is 27.9 Å². The van der Waals surface area contributed by atoms with Gasteiger partial charge in [0.05, 0.1) is 36.5 Å². The normalized spacial score (nSPS) is 21.9. The Morgan fingerprint density at radius 3 is 2.56 bits per heavy atom. The number of hydrogen-bond acceptors (Lipinski definition) is 7. The molecule has 2 aromatic rings. The maximum Gasteiger partial charge on any atom is 0.410 e. The number of morpholine rings is 1. The third-order valence-electron chi connectivity index (χ3n) is 5.99. The van der Waals surface area contributed by atoms with E-state index in [0.717, 1.165) is 5.56 Å². The summed E-state index contributed by atoms with van der Waals surface area (Å²) >= 11 is 0. The van der Waals surface area contributed by atoms with Crippen molar-refractivity contribution >= 4 is 17.6 Å². The van der Waals surface area contributed by atoms with Crippen molar-refractivity contribution in [1.29, 1.82) is 0 Å². The number of piperidine rings is 1. The van der Waals surface area contributed by atoms with Crippen molar-refractivity contribution in [2.75, 3.05) is 31.9 Å². The molecule has 8 nitrogen and oxygen atoms in total. The summed E-state index contributed by atoms with van der Waals surface area (Å²) in [7, 11) is 0. The number of fused-ring (bicyclic) bond motifs is 2. The van der Waals surface area contributed by atoms with Crippen LogP contribution >= 0.6 is 0 Å². The Labute approximate surface area is 195 Å². The first-order chi connectivity index (χ1) is 16.4. The average molecular weight is 480 g/mol. The standard InChI is InChI=1S/C23H27F3N4O4/c1-13-3-4-20(19(26)5-13)29-21-14(2)22(28-12-27-21)33-17-6-15-10-32-11-16(7-17)30(15)23(31)34-18(8-24)9-25/h3-5,12,15-18H,6-11H2,1-2H3,(H,27,28,29). The molecule has 3 heterocycles. The lowest BCUT2D eigenvalue weighted by Crippen LogP contribution is -2.61. The highest BCUT2D eigenvalue weighted by Gasteiger charge is 2.44. The molecule has 1 aromatic heterocycles. The van der Waals surface area contributed by atoms with E-state index >= 15 is 0 Å². The van der Waals surface area contributed by atoms with Crippen molar-refractivity contribution in [3.05, 3.63) is 41.5 Å². The second-order valence-corrected chi connectivity index (χ2v) is 8.54. The van der Waals surface area contributed by atoms with Crippen molar-refractivity contribution in [2.45, 2.75) is 51.0 Å². The molecular weight excluding hydrogens is 453 g/mol. The average Bonchev–Trinajstić information content (AvgIpc) is 2.81. The molecule has 1 N–H and O–H groups in total. The van der Waals surface area contributed by atoms with E-state index in [1.165, 1.54) is 17.3 Å². The van der Waals surface area contributed by atoms with E-state index in [4.69, 9.17) is 14.2 Å². The van der Waals surface area contributed by atoms with Gasteiger partial charge < -0.3 is 19.5 Å². The minimum atomic E-state index is -1.41. The summed E-state index contributed by atoms with van der Waals surface area (Å²) in [6, 6.07) is 4.15. The molecule has 0 spiro atoms. The molecule has 2 bridgehead atoms. The van der Waals surface area contributed by atoms with Crippen molar-refractivity contribution < 1.29 is 32.2 Å². The maximum atomic E-state index is 14.3. The highest BCUT2D eigenvalue weighted by molar-refractivity contribution is 5.69. The maximum absolute atomic E-state index is 14.3. The molecule has 2 saturated heterocycles. The lowest BCUT2D eigenvalue weighted by molar-refractivity contribution is -0.0965. The first kappa shape index (κ1) is 24.1. The van der Waals surface area contributed by atoms with Crippen LogP contribution in [0.5, 0.6) is 5.88 Å². The number of halogens is 3. The number of benzene rings is 1. The molecular formula is C23H27F3N4O4. The lowest BCUT2D eigenvalue weighted by atomic mass is 9.92. The summed E-state index contributed by atoms with van der Waals surface area (Å²) in [5.41, 5.74) is 1.71. The van der Waals surface area contributed by atoms with Gasteiger partial charge in [0.1, 0.15) is 37.4 Å². The van der Waals surface area contributed by atoms with Crippen LogP contribution in [0.3, 0.4) is 0 Å². The van der Waals surface area contributed by atoms with Crippen LogP contribution < -0.4 is 10.1 Å². The minimum Gasteiger partial charge on any atom is -0.474 e. The van der Waals surface area contributed by atoms with E-state index in [0.29, 0.717) is 30.1 Å². The highest BCUT2D eigenvalue weighted by Crippen LogP contribution is 2.33. The second-order valence-electron chi connectivity index (χ2n) is 8.54. The van der Waals surface area contributed by atoms with E-state index < -0.39 is 31.4 Å². The van der Waals surface area contributed by atoms with Gasteiger partial charge in [0.25, 0.3) is 0 Å². The number of alkyl halides is 2. The predicted molar refractivity (Wildman–Crippen MR) is 117 cm³/mol. The number of nitrogens with zero attached hydrogens (tertiary/aromatic N) is 3. The molecule has 0 saturated carbocycles. The van der Waals surface area contributed by atoms with Gasteiger partial charge in [-0.15, -0.1) is 0 Å². The Hall–Kier alpha value is -3.08. The molecule has 2 fully saturated rings. The molecule has 184 valence electrons. The zero-order chi connectivity index (χ0) is 24.2.